The minimum absolute atomic E-state index is 0.142. The second kappa shape index (κ2) is 13.0. The number of fused-ring (bicyclic) bond motifs is 1. The standard InChI is InChI=1S/C26H33N3O6S2/c1-5-7-16-28(17-8-6-2)37(32,33)20-14-12-19(13-15-20)25(31)27-26-29(18-23(30)35-4)24-21(34-3)10-9-11-22(24)36-26/h9-15H,5-8,16-18H2,1-4H3. The number of nitrogens with zero attached hydrogens (tertiary/aromatic N) is 3. The fraction of sp³-hybridized carbons (Fsp3) is 0.423. The Labute approximate surface area is 221 Å². The van der Waals surface area contributed by atoms with Crippen molar-refractivity contribution in [3.63, 3.8) is 0 Å². The van der Waals surface area contributed by atoms with Crippen molar-refractivity contribution in [1.82, 2.24) is 8.87 Å². The van der Waals surface area contributed by atoms with Gasteiger partial charge in [-0.05, 0) is 49.2 Å². The molecule has 0 fully saturated rings. The van der Waals surface area contributed by atoms with Gasteiger partial charge in [-0.2, -0.15) is 9.30 Å². The number of ether oxygens (including phenoxy) is 2. The monoisotopic (exact) mass is 547 g/mol. The third-order valence-electron chi connectivity index (χ3n) is 5.86. The topological polar surface area (TPSA) is 107 Å². The molecule has 1 heterocycles. The van der Waals surface area contributed by atoms with Crippen LogP contribution in [0.3, 0.4) is 0 Å². The number of rotatable bonds is 12. The van der Waals surface area contributed by atoms with E-state index in [0.29, 0.717) is 29.2 Å². The summed E-state index contributed by atoms with van der Waals surface area (Å²) in [7, 11) is -0.855. The van der Waals surface area contributed by atoms with Gasteiger partial charge in [0.15, 0.2) is 4.80 Å². The van der Waals surface area contributed by atoms with Crippen molar-refractivity contribution in [2.24, 2.45) is 4.99 Å². The number of methoxy groups -OCH3 is 2. The SMILES string of the molecule is CCCCN(CCCC)S(=O)(=O)c1ccc(C(=O)N=c2sc3cccc(OC)c3n2CC(=O)OC)cc1. The Kier molecular flexibility index (Phi) is 10.0. The Morgan fingerprint density at radius 1 is 1.00 bits per heavy atom. The van der Waals surface area contributed by atoms with Gasteiger partial charge in [-0.15, -0.1) is 0 Å². The number of hydrogen-bond donors (Lipinski definition) is 0. The highest BCUT2D eigenvalue weighted by molar-refractivity contribution is 7.89. The second-order valence-electron chi connectivity index (χ2n) is 8.41. The molecule has 0 atom stereocenters. The molecule has 11 heteroatoms. The van der Waals surface area contributed by atoms with Crippen LogP contribution in [0.1, 0.15) is 49.9 Å². The van der Waals surface area contributed by atoms with Crippen molar-refractivity contribution in [3.05, 3.63) is 52.8 Å². The van der Waals surface area contributed by atoms with Crippen molar-refractivity contribution < 1.29 is 27.5 Å². The van der Waals surface area contributed by atoms with Gasteiger partial charge in [-0.3, -0.25) is 9.59 Å². The van der Waals surface area contributed by atoms with Gasteiger partial charge in [0.2, 0.25) is 10.0 Å². The molecule has 0 bridgehead atoms. The predicted molar refractivity (Wildman–Crippen MR) is 143 cm³/mol. The van der Waals surface area contributed by atoms with Gasteiger partial charge in [0.05, 0.1) is 23.8 Å². The van der Waals surface area contributed by atoms with Gasteiger partial charge in [0.25, 0.3) is 5.91 Å². The first-order chi connectivity index (χ1) is 17.8. The molecule has 200 valence electrons. The number of benzene rings is 2. The van der Waals surface area contributed by atoms with Crippen LogP contribution in [0.4, 0.5) is 0 Å². The molecule has 0 aliphatic carbocycles. The van der Waals surface area contributed by atoms with Crippen molar-refractivity contribution in [1.29, 1.82) is 0 Å². The predicted octanol–water partition coefficient (Wildman–Crippen LogP) is 4.22. The number of esters is 1. The second-order valence-corrected chi connectivity index (χ2v) is 11.4. The molecule has 2 aromatic carbocycles. The lowest BCUT2D eigenvalue weighted by molar-refractivity contribution is -0.141. The third-order valence-corrected chi connectivity index (χ3v) is 8.81. The van der Waals surface area contributed by atoms with Gasteiger partial charge in [0.1, 0.15) is 17.8 Å². The van der Waals surface area contributed by atoms with Crippen LogP contribution in [0.2, 0.25) is 0 Å². The fourth-order valence-corrected chi connectivity index (χ4v) is 6.34. The average molecular weight is 548 g/mol. The lowest BCUT2D eigenvalue weighted by Crippen LogP contribution is -2.33. The normalized spacial score (nSPS) is 12.3. The molecule has 0 spiro atoms. The summed E-state index contributed by atoms with van der Waals surface area (Å²) in [5.74, 6) is -0.511. The van der Waals surface area contributed by atoms with E-state index in [2.05, 4.69) is 4.99 Å². The number of hydrogen-bond acceptors (Lipinski definition) is 7. The number of para-hydroxylation sites is 1. The summed E-state index contributed by atoms with van der Waals surface area (Å²) < 4.78 is 40.6. The number of aromatic nitrogens is 1. The van der Waals surface area contributed by atoms with E-state index in [1.54, 1.807) is 10.6 Å². The van der Waals surface area contributed by atoms with Crippen LogP contribution in [0.15, 0.2) is 52.4 Å². The van der Waals surface area contributed by atoms with Crippen LogP contribution < -0.4 is 9.54 Å². The Balaban J connectivity index is 1.97. The maximum absolute atomic E-state index is 13.2. The molecule has 0 aliphatic heterocycles. The first kappa shape index (κ1) is 28.5. The Hall–Kier alpha value is -3.02. The van der Waals surface area contributed by atoms with Crippen LogP contribution in [0.5, 0.6) is 5.75 Å². The molecule has 37 heavy (non-hydrogen) atoms. The van der Waals surface area contributed by atoms with Crippen LogP contribution >= 0.6 is 11.3 Å². The molecular weight excluding hydrogens is 514 g/mol. The van der Waals surface area contributed by atoms with Crippen molar-refractivity contribution in [2.45, 2.75) is 51.0 Å². The summed E-state index contributed by atoms with van der Waals surface area (Å²) in [4.78, 5) is 29.8. The summed E-state index contributed by atoms with van der Waals surface area (Å²) in [5.41, 5.74) is 0.870. The summed E-state index contributed by atoms with van der Waals surface area (Å²) >= 11 is 1.24. The molecule has 0 saturated carbocycles. The summed E-state index contributed by atoms with van der Waals surface area (Å²) in [5, 5.41) is 0. The summed E-state index contributed by atoms with van der Waals surface area (Å²) in [6.45, 7) is 4.83. The summed E-state index contributed by atoms with van der Waals surface area (Å²) in [6.07, 6.45) is 3.35. The molecule has 0 aliphatic rings. The van der Waals surface area contributed by atoms with E-state index in [4.69, 9.17) is 9.47 Å². The highest BCUT2D eigenvalue weighted by Gasteiger charge is 2.24. The van der Waals surface area contributed by atoms with Crippen molar-refractivity contribution in [2.75, 3.05) is 27.3 Å². The molecule has 3 aromatic rings. The lowest BCUT2D eigenvalue weighted by Gasteiger charge is -2.22. The molecule has 0 N–H and O–H groups in total. The average Bonchev–Trinajstić information content (AvgIpc) is 3.25. The number of thiazole rings is 1. The highest BCUT2D eigenvalue weighted by atomic mass is 32.2. The molecule has 1 amide bonds. The van der Waals surface area contributed by atoms with Gasteiger partial charge >= 0.3 is 5.97 Å². The summed E-state index contributed by atoms with van der Waals surface area (Å²) in [6, 6.07) is 11.2. The highest BCUT2D eigenvalue weighted by Crippen LogP contribution is 2.27. The zero-order valence-corrected chi connectivity index (χ0v) is 23.2. The van der Waals surface area contributed by atoms with E-state index >= 15 is 0 Å². The number of unbranched alkanes of at least 4 members (excludes halogenated alkanes) is 2. The zero-order valence-electron chi connectivity index (χ0n) is 21.6. The minimum atomic E-state index is -3.67. The molecule has 0 saturated heterocycles. The van der Waals surface area contributed by atoms with Gasteiger partial charge in [-0.25, -0.2) is 8.42 Å². The fourth-order valence-electron chi connectivity index (χ4n) is 3.78. The molecule has 0 unspecified atom stereocenters. The quantitative estimate of drug-likeness (QED) is 0.314. The van der Waals surface area contributed by atoms with Crippen LogP contribution in [-0.2, 0) is 26.1 Å². The van der Waals surface area contributed by atoms with Crippen molar-refractivity contribution in [3.8, 4) is 5.75 Å². The Bertz CT molecular complexity index is 1400. The first-order valence-corrected chi connectivity index (χ1v) is 14.4. The third kappa shape index (κ3) is 6.65. The first-order valence-electron chi connectivity index (χ1n) is 12.2. The van der Waals surface area contributed by atoms with Crippen LogP contribution in [0, 0.1) is 0 Å². The molecule has 1 aromatic heterocycles. The van der Waals surface area contributed by atoms with Gasteiger partial charge in [-0.1, -0.05) is 44.1 Å². The Morgan fingerprint density at radius 3 is 2.22 bits per heavy atom. The van der Waals surface area contributed by atoms with Crippen molar-refractivity contribution >= 4 is 43.5 Å². The van der Waals surface area contributed by atoms with E-state index in [-0.39, 0.29) is 17.0 Å². The number of carbonyl (C=O) groups excluding carboxylic acids is 2. The number of sulfonamides is 1. The van der Waals surface area contributed by atoms with E-state index in [9.17, 15) is 18.0 Å². The molecule has 3 rings (SSSR count). The van der Waals surface area contributed by atoms with E-state index in [1.165, 1.54) is 54.1 Å². The Morgan fingerprint density at radius 2 is 1.65 bits per heavy atom. The van der Waals surface area contributed by atoms with Gasteiger partial charge < -0.3 is 14.0 Å². The van der Waals surface area contributed by atoms with Crippen LogP contribution in [-0.4, -0.2) is 56.5 Å². The van der Waals surface area contributed by atoms with Crippen LogP contribution in [0.25, 0.3) is 10.2 Å². The lowest BCUT2D eigenvalue weighted by atomic mass is 10.2. The zero-order chi connectivity index (χ0) is 27.0. The number of amides is 1. The van der Waals surface area contributed by atoms with E-state index in [1.807, 2.05) is 26.0 Å². The molecule has 0 radical (unpaired) electrons. The maximum Gasteiger partial charge on any atom is 0.325 e. The maximum atomic E-state index is 13.2. The number of carbonyl (C=O) groups is 2. The van der Waals surface area contributed by atoms with E-state index < -0.39 is 21.9 Å². The van der Waals surface area contributed by atoms with E-state index in [0.717, 1.165) is 30.4 Å². The largest absolute Gasteiger partial charge is 0.495 e. The van der Waals surface area contributed by atoms with Gasteiger partial charge in [0, 0.05) is 18.7 Å². The molecular formula is C26H33N3O6S2. The molecule has 9 nitrogen and oxygen atoms in total. The minimum Gasteiger partial charge on any atom is -0.495 e. The smallest absolute Gasteiger partial charge is 0.325 e.